The maximum absolute atomic E-state index is 6.00. The van der Waals surface area contributed by atoms with Gasteiger partial charge in [-0.3, -0.25) is 0 Å². The van der Waals surface area contributed by atoms with Gasteiger partial charge in [-0.2, -0.15) is 0 Å². The van der Waals surface area contributed by atoms with E-state index < -0.39 is 6.29 Å². The molecule has 2 rings (SSSR count). The van der Waals surface area contributed by atoms with Gasteiger partial charge in [0.15, 0.2) is 0 Å². The number of hydrogen-bond acceptors (Lipinski definition) is 2. The maximum Gasteiger partial charge on any atom is 0.241 e. The van der Waals surface area contributed by atoms with Crippen LogP contribution in [0.4, 0.5) is 0 Å². The molecule has 2 nitrogen and oxygen atoms in total. The van der Waals surface area contributed by atoms with Crippen LogP contribution in [0.1, 0.15) is 26.2 Å². The lowest BCUT2D eigenvalue weighted by Gasteiger charge is -2.21. The summed E-state index contributed by atoms with van der Waals surface area (Å²) in [5.74, 6) is 1.11. The molecule has 6 heteroatoms. The molecule has 0 heterocycles. The van der Waals surface area contributed by atoms with Gasteiger partial charge >= 0.3 is 0 Å². The van der Waals surface area contributed by atoms with Gasteiger partial charge in [-0.05, 0) is 42.8 Å². The molecule has 0 unspecified atom stereocenters. The fraction of sp³-hybridized carbons (Fsp3) is 0.294. The molecule has 0 atom stereocenters. The van der Waals surface area contributed by atoms with E-state index in [1.165, 1.54) is 0 Å². The van der Waals surface area contributed by atoms with E-state index in [1.54, 1.807) is 36.4 Å². The summed E-state index contributed by atoms with van der Waals surface area (Å²) in [6.45, 7) is 2.10. The summed E-state index contributed by atoms with van der Waals surface area (Å²) in [6.07, 6.45) is 2.20. The Bertz CT molecular complexity index is 567. The van der Waals surface area contributed by atoms with Crippen molar-refractivity contribution in [3.8, 4) is 11.5 Å². The third kappa shape index (κ3) is 6.31. The van der Waals surface area contributed by atoms with Crippen LogP contribution < -0.4 is 9.47 Å². The smallest absolute Gasteiger partial charge is 0.241 e. The van der Waals surface area contributed by atoms with Crippen molar-refractivity contribution in [1.82, 2.24) is 0 Å². The van der Waals surface area contributed by atoms with E-state index in [2.05, 4.69) is 6.92 Å². The minimum atomic E-state index is -0.487. The van der Waals surface area contributed by atoms with Gasteiger partial charge < -0.3 is 9.47 Å². The molecule has 0 aliphatic carbocycles. The van der Waals surface area contributed by atoms with Crippen LogP contribution in [0.25, 0.3) is 0 Å². The van der Waals surface area contributed by atoms with E-state index in [0.29, 0.717) is 38.0 Å². The van der Waals surface area contributed by atoms with Gasteiger partial charge in [-0.1, -0.05) is 59.7 Å². The molecule has 2 aromatic rings. The highest BCUT2D eigenvalue weighted by atomic mass is 35.5. The molecule has 0 aromatic heterocycles. The Morgan fingerprint density at radius 2 is 1.13 bits per heavy atom. The third-order valence-corrected chi connectivity index (χ3v) is 3.87. The molecule has 0 saturated carbocycles. The Hall–Kier alpha value is -0.800. The monoisotopic (exact) mass is 392 g/mol. The van der Waals surface area contributed by atoms with Crippen LogP contribution in [0.15, 0.2) is 36.4 Å². The molecule has 0 aliphatic heterocycles. The number of halogens is 4. The van der Waals surface area contributed by atoms with Crippen LogP contribution in [-0.2, 0) is 0 Å². The van der Waals surface area contributed by atoms with Crippen molar-refractivity contribution in [1.29, 1.82) is 0 Å². The van der Waals surface area contributed by atoms with Crippen molar-refractivity contribution in [2.75, 3.05) is 0 Å². The zero-order chi connectivity index (χ0) is 16.8. The summed E-state index contributed by atoms with van der Waals surface area (Å²) in [5.41, 5.74) is 0. The summed E-state index contributed by atoms with van der Waals surface area (Å²) in [5, 5.41) is 2.03. The first-order valence-electron chi connectivity index (χ1n) is 7.22. The van der Waals surface area contributed by atoms with Crippen molar-refractivity contribution in [2.24, 2.45) is 0 Å². The summed E-state index contributed by atoms with van der Waals surface area (Å²) in [4.78, 5) is 0. The first-order chi connectivity index (χ1) is 11.0. The van der Waals surface area contributed by atoms with Gasteiger partial charge in [0.05, 0.1) is 0 Å². The highest BCUT2D eigenvalue weighted by Gasteiger charge is 2.14. The van der Waals surface area contributed by atoms with E-state index in [4.69, 9.17) is 55.9 Å². The molecule has 2 aromatic carbocycles. The molecule has 0 saturated heterocycles. The normalized spacial score (nSPS) is 10.9. The van der Waals surface area contributed by atoms with E-state index in [0.717, 1.165) is 12.8 Å². The van der Waals surface area contributed by atoms with E-state index in [9.17, 15) is 0 Å². The van der Waals surface area contributed by atoms with Gasteiger partial charge in [0.25, 0.3) is 0 Å². The minimum absolute atomic E-state index is 0.487. The zero-order valence-corrected chi connectivity index (χ0v) is 15.5. The van der Waals surface area contributed by atoms with Gasteiger partial charge in [0, 0.05) is 26.5 Å². The Kier molecular flexibility index (Phi) is 7.16. The molecule has 23 heavy (non-hydrogen) atoms. The first kappa shape index (κ1) is 18.5. The van der Waals surface area contributed by atoms with Crippen molar-refractivity contribution >= 4 is 46.4 Å². The quantitative estimate of drug-likeness (QED) is 0.460. The number of rotatable bonds is 7. The Morgan fingerprint density at radius 3 is 1.48 bits per heavy atom. The second-order valence-corrected chi connectivity index (χ2v) is 6.76. The molecule has 0 amide bonds. The number of hydrogen-bond donors (Lipinski definition) is 0. The average Bonchev–Trinajstić information content (AvgIpc) is 2.42. The first-order valence-corrected chi connectivity index (χ1v) is 8.73. The van der Waals surface area contributed by atoms with Crippen molar-refractivity contribution in [2.45, 2.75) is 32.5 Å². The molecule has 0 fully saturated rings. The van der Waals surface area contributed by atoms with Crippen molar-refractivity contribution in [3.05, 3.63) is 56.5 Å². The van der Waals surface area contributed by atoms with Crippen molar-refractivity contribution < 1.29 is 9.47 Å². The molecular formula is C17H16Cl4O2. The number of unbranched alkanes of at least 4 members (excludes halogenated alkanes) is 1. The SMILES string of the molecule is CCCCC(Oc1cc(Cl)cc(Cl)c1)Oc1cc(Cl)cc(Cl)c1. The second kappa shape index (κ2) is 8.89. The summed E-state index contributed by atoms with van der Waals surface area (Å²) < 4.78 is 11.8. The molecule has 0 aliphatic rings. The van der Waals surface area contributed by atoms with Crippen LogP contribution in [0.2, 0.25) is 20.1 Å². The predicted octanol–water partition coefficient (Wildman–Crippen LogP) is 7.27. The molecular weight excluding hydrogens is 378 g/mol. The number of ether oxygens (including phenoxy) is 2. The third-order valence-electron chi connectivity index (χ3n) is 3.00. The van der Waals surface area contributed by atoms with Crippen LogP contribution in [-0.4, -0.2) is 6.29 Å². The summed E-state index contributed by atoms with van der Waals surface area (Å²) in [7, 11) is 0. The second-order valence-electron chi connectivity index (χ2n) is 5.02. The highest BCUT2D eigenvalue weighted by Crippen LogP contribution is 2.28. The lowest BCUT2D eigenvalue weighted by molar-refractivity contribution is -0.00208. The standard InChI is InChI=1S/C17H16Cl4O2/c1-2-3-4-17(22-15-7-11(18)5-12(19)8-15)23-16-9-13(20)6-14(21)10-16/h5-10,17H,2-4H2,1H3. The predicted molar refractivity (Wildman–Crippen MR) is 97.5 cm³/mol. The van der Waals surface area contributed by atoms with Gasteiger partial charge in [-0.25, -0.2) is 0 Å². The lowest BCUT2D eigenvalue weighted by Crippen LogP contribution is -2.24. The molecule has 0 N–H and O–H groups in total. The fourth-order valence-corrected chi connectivity index (χ4v) is 3.02. The summed E-state index contributed by atoms with van der Waals surface area (Å²) >= 11 is 24.0. The van der Waals surface area contributed by atoms with Crippen LogP contribution in [0, 0.1) is 0 Å². The van der Waals surface area contributed by atoms with Gasteiger partial charge in [-0.15, -0.1) is 0 Å². The Labute approximate surface area is 156 Å². The van der Waals surface area contributed by atoms with E-state index in [-0.39, 0.29) is 0 Å². The van der Waals surface area contributed by atoms with Crippen LogP contribution >= 0.6 is 46.4 Å². The fourth-order valence-electron chi connectivity index (χ4n) is 2.01. The minimum Gasteiger partial charge on any atom is -0.455 e. The van der Waals surface area contributed by atoms with E-state index in [1.807, 2.05) is 0 Å². The molecule has 0 radical (unpaired) electrons. The van der Waals surface area contributed by atoms with Crippen LogP contribution in [0.5, 0.6) is 11.5 Å². The summed E-state index contributed by atoms with van der Waals surface area (Å²) in [6, 6.07) is 10.1. The molecule has 124 valence electrons. The Balaban J connectivity index is 2.15. The lowest BCUT2D eigenvalue weighted by atomic mass is 10.2. The van der Waals surface area contributed by atoms with E-state index >= 15 is 0 Å². The highest BCUT2D eigenvalue weighted by molar-refractivity contribution is 6.35. The van der Waals surface area contributed by atoms with Gasteiger partial charge in [0.2, 0.25) is 6.29 Å². The van der Waals surface area contributed by atoms with Crippen LogP contribution in [0.3, 0.4) is 0 Å². The van der Waals surface area contributed by atoms with Gasteiger partial charge in [0.1, 0.15) is 11.5 Å². The molecule has 0 spiro atoms. The number of benzene rings is 2. The zero-order valence-electron chi connectivity index (χ0n) is 12.5. The average molecular weight is 394 g/mol. The van der Waals surface area contributed by atoms with Crippen molar-refractivity contribution in [3.63, 3.8) is 0 Å². The topological polar surface area (TPSA) is 18.5 Å². The maximum atomic E-state index is 6.00. The largest absolute Gasteiger partial charge is 0.455 e. The Morgan fingerprint density at radius 1 is 0.739 bits per heavy atom. The molecule has 0 bridgehead atoms.